The fourth-order valence-electron chi connectivity index (χ4n) is 2.25. The number of aliphatic hydroxyl groups is 1. The third-order valence-corrected chi connectivity index (χ3v) is 3.12. The van der Waals surface area contributed by atoms with Crippen LogP contribution in [-0.4, -0.2) is 21.8 Å². The number of para-hydroxylation sites is 1. The smallest absolute Gasteiger partial charge is 0.261 e. The molecule has 1 N–H and O–H groups in total. The summed E-state index contributed by atoms with van der Waals surface area (Å²) in [5, 5.41) is 10.3. The van der Waals surface area contributed by atoms with Crippen LogP contribution in [0, 0.1) is 0 Å². The van der Waals surface area contributed by atoms with Crippen LogP contribution >= 0.6 is 0 Å². The van der Waals surface area contributed by atoms with Crippen LogP contribution < -0.4 is 10.3 Å². The van der Waals surface area contributed by atoms with Crippen molar-refractivity contribution in [2.45, 2.75) is 19.1 Å². The highest BCUT2D eigenvalue weighted by Crippen LogP contribution is 2.27. The predicted molar refractivity (Wildman–Crippen MR) is 62.1 cm³/mol. The van der Waals surface area contributed by atoms with Crippen LogP contribution in [0.5, 0.6) is 5.75 Å². The molecule has 0 saturated heterocycles. The van der Waals surface area contributed by atoms with E-state index in [4.69, 9.17) is 4.74 Å². The number of aliphatic hydroxyl groups excluding tert-OH is 1. The summed E-state index contributed by atoms with van der Waals surface area (Å²) in [4.78, 5) is 16.5. The summed E-state index contributed by atoms with van der Waals surface area (Å²) in [5.41, 5.74) is 0.410. The summed E-state index contributed by atoms with van der Waals surface area (Å²) in [6.07, 6.45) is -0.113. The minimum absolute atomic E-state index is 0.111. The average Bonchev–Trinajstić information content (AvgIpc) is 2.71. The first-order valence-corrected chi connectivity index (χ1v) is 5.48. The van der Waals surface area contributed by atoms with Crippen molar-refractivity contribution in [2.24, 2.45) is 0 Å². The van der Waals surface area contributed by atoms with Crippen LogP contribution in [0.4, 0.5) is 0 Å². The molecule has 17 heavy (non-hydrogen) atoms. The highest BCUT2D eigenvalue weighted by molar-refractivity contribution is 5.83. The largest absolute Gasteiger partial charge is 0.494 e. The molecule has 1 atom stereocenters. The number of methoxy groups -OCH3 is 1. The van der Waals surface area contributed by atoms with Crippen molar-refractivity contribution < 1.29 is 9.84 Å². The lowest BCUT2D eigenvalue weighted by Crippen LogP contribution is -2.21. The van der Waals surface area contributed by atoms with Crippen LogP contribution in [-0.2, 0) is 6.54 Å². The van der Waals surface area contributed by atoms with Gasteiger partial charge in [-0.25, -0.2) is 4.98 Å². The SMILES string of the molecule is COc1cccc2c(=O)n3c(nc12)[C@@H](O)CC3. The maximum Gasteiger partial charge on any atom is 0.261 e. The van der Waals surface area contributed by atoms with Crippen LogP contribution in [0.2, 0.25) is 0 Å². The molecule has 3 rings (SSSR count). The summed E-state index contributed by atoms with van der Waals surface area (Å²) in [6, 6.07) is 5.25. The maximum atomic E-state index is 12.2. The zero-order chi connectivity index (χ0) is 12.0. The van der Waals surface area contributed by atoms with E-state index in [1.165, 1.54) is 11.7 Å². The molecule has 1 aromatic carbocycles. The van der Waals surface area contributed by atoms with Crippen molar-refractivity contribution >= 4 is 10.9 Å². The van der Waals surface area contributed by atoms with E-state index < -0.39 is 6.10 Å². The summed E-state index contributed by atoms with van der Waals surface area (Å²) in [5.74, 6) is 0.995. The average molecular weight is 232 g/mol. The summed E-state index contributed by atoms with van der Waals surface area (Å²) in [6.45, 7) is 0.523. The quantitative estimate of drug-likeness (QED) is 0.791. The van der Waals surface area contributed by atoms with Gasteiger partial charge in [0.05, 0.1) is 12.5 Å². The molecule has 0 bridgehead atoms. The number of hydrogen-bond acceptors (Lipinski definition) is 4. The van der Waals surface area contributed by atoms with E-state index in [1.54, 1.807) is 18.2 Å². The lowest BCUT2D eigenvalue weighted by Gasteiger charge is -2.09. The Morgan fingerprint density at radius 1 is 1.53 bits per heavy atom. The molecule has 5 nitrogen and oxygen atoms in total. The Bertz CT molecular complexity index is 648. The third-order valence-electron chi connectivity index (χ3n) is 3.12. The van der Waals surface area contributed by atoms with Crippen molar-refractivity contribution in [3.8, 4) is 5.75 Å². The lowest BCUT2D eigenvalue weighted by molar-refractivity contribution is 0.175. The molecule has 0 unspecified atom stereocenters. The molecule has 0 aliphatic carbocycles. The van der Waals surface area contributed by atoms with E-state index in [9.17, 15) is 9.90 Å². The second-order valence-corrected chi connectivity index (χ2v) is 4.09. The van der Waals surface area contributed by atoms with Gasteiger partial charge in [0, 0.05) is 6.54 Å². The van der Waals surface area contributed by atoms with Crippen molar-refractivity contribution in [1.29, 1.82) is 0 Å². The normalized spacial score (nSPS) is 18.4. The molecule has 88 valence electrons. The van der Waals surface area contributed by atoms with Crippen molar-refractivity contribution in [3.05, 3.63) is 34.4 Å². The lowest BCUT2D eigenvalue weighted by atomic mass is 10.2. The van der Waals surface area contributed by atoms with Gasteiger partial charge in [-0.05, 0) is 18.6 Å². The molecular formula is C12H12N2O3. The molecule has 0 saturated carbocycles. The number of hydrogen-bond donors (Lipinski definition) is 1. The number of rotatable bonds is 1. The zero-order valence-electron chi connectivity index (χ0n) is 9.38. The summed E-state index contributed by atoms with van der Waals surface area (Å²) < 4.78 is 6.72. The molecular weight excluding hydrogens is 220 g/mol. The highest BCUT2D eigenvalue weighted by atomic mass is 16.5. The Balaban J connectivity index is 2.44. The first-order valence-electron chi connectivity index (χ1n) is 5.48. The van der Waals surface area contributed by atoms with Gasteiger partial charge in [-0.15, -0.1) is 0 Å². The van der Waals surface area contributed by atoms with E-state index in [2.05, 4.69) is 4.98 Å². The molecule has 0 fully saturated rings. The Morgan fingerprint density at radius 3 is 3.12 bits per heavy atom. The van der Waals surface area contributed by atoms with Crippen LogP contribution in [0.25, 0.3) is 10.9 Å². The van der Waals surface area contributed by atoms with Crippen molar-refractivity contribution in [3.63, 3.8) is 0 Å². The van der Waals surface area contributed by atoms with Crippen LogP contribution in [0.1, 0.15) is 18.3 Å². The van der Waals surface area contributed by atoms with Gasteiger partial charge in [-0.1, -0.05) is 6.07 Å². The van der Waals surface area contributed by atoms with Crippen LogP contribution in [0.15, 0.2) is 23.0 Å². The van der Waals surface area contributed by atoms with E-state index >= 15 is 0 Å². The van der Waals surface area contributed by atoms with E-state index in [0.717, 1.165) is 0 Å². The second kappa shape index (κ2) is 3.56. The molecule has 1 aliphatic rings. The minimum atomic E-state index is -0.656. The fraction of sp³-hybridized carbons (Fsp3) is 0.333. The number of aromatic nitrogens is 2. The van der Waals surface area contributed by atoms with E-state index in [0.29, 0.717) is 35.4 Å². The van der Waals surface area contributed by atoms with Gasteiger partial charge < -0.3 is 9.84 Å². The Kier molecular flexibility index (Phi) is 2.16. The maximum absolute atomic E-state index is 12.2. The molecule has 1 aromatic heterocycles. The van der Waals surface area contributed by atoms with Gasteiger partial charge in [0.2, 0.25) is 0 Å². The zero-order valence-corrected chi connectivity index (χ0v) is 9.38. The first kappa shape index (κ1) is 10.3. The first-order chi connectivity index (χ1) is 8.22. The third kappa shape index (κ3) is 1.36. The fourth-order valence-corrected chi connectivity index (χ4v) is 2.25. The molecule has 0 radical (unpaired) electrons. The van der Waals surface area contributed by atoms with E-state index in [1.807, 2.05) is 0 Å². The van der Waals surface area contributed by atoms with Crippen molar-refractivity contribution in [1.82, 2.24) is 9.55 Å². The van der Waals surface area contributed by atoms with E-state index in [-0.39, 0.29) is 5.56 Å². The topological polar surface area (TPSA) is 64.4 Å². The second-order valence-electron chi connectivity index (χ2n) is 4.09. The molecule has 2 aromatic rings. The standard InChI is InChI=1S/C12H12N2O3/c1-17-9-4-2-3-7-10(9)13-11-8(15)5-6-14(11)12(7)16/h2-4,8,15H,5-6H2,1H3/t8-/m0/s1. The van der Waals surface area contributed by atoms with Gasteiger partial charge in [0.25, 0.3) is 5.56 Å². The Labute approximate surface area is 97.3 Å². The molecule has 5 heteroatoms. The highest BCUT2D eigenvalue weighted by Gasteiger charge is 2.24. The molecule has 1 aliphatic heterocycles. The van der Waals surface area contributed by atoms with Crippen molar-refractivity contribution in [2.75, 3.05) is 7.11 Å². The number of fused-ring (bicyclic) bond motifs is 2. The Morgan fingerprint density at radius 2 is 2.35 bits per heavy atom. The summed E-state index contributed by atoms with van der Waals surface area (Å²) in [7, 11) is 1.54. The van der Waals surface area contributed by atoms with Gasteiger partial charge in [-0.3, -0.25) is 9.36 Å². The molecule has 0 spiro atoms. The van der Waals surface area contributed by atoms with Crippen LogP contribution in [0.3, 0.4) is 0 Å². The number of nitrogens with zero attached hydrogens (tertiary/aromatic N) is 2. The predicted octanol–water partition coefficient (Wildman–Crippen LogP) is 0.842. The summed E-state index contributed by atoms with van der Waals surface area (Å²) >= 11 is 0. The monoisotopic (exact) mass is 232 g/mol. The van der Waals surface area contributed by atoms with Gasteiger partial charge >= 0.3 is 0 Å². The minimum Gasteiger partial charge on any atom is -0.494 e. The molecule has 2 heterocycles. The van der Waals surface area contributed by atoms with Gasteiger partial charge in [0.15, 0.2) is 0 Å². The van der Waals surface area contributed by atoms with Gasteiger partial charge in [0.1, 0.15) is 23.2 Å². The van der Waals surface area contributed by atoms with Gasteiger partial charge in [-0.2, -0.15) is 0 Å². The number of benzene rings is 1. The molecule has 0 amide bonds. The Hall–Kier alpha value is -1.88. The number of ether oxygens (including phenoxy) is 1.